The lowest BCUT2D eigenvalue weighted by atomic mass is 10.0. The number of carbonyl (C=O) groups is 1. The third kappa shape index (κ3) is 2.63. The third-order valence-electron chi connectivity index (χ3n) is 3.58. The summed E-state index contributed by atoms with van der Waals surface area (Å²) in [5.41, 5.74) is 5.01. The number of H-pyrrole nitrogens is 1. The van der Waals surface area contributed by atoms with Crippen molar-refractivity contribution in [2.75, 3.05) is 0 Å². The molecule has 0 aliphatic rings. The van der Waals surface area contributed by atoms with Crippen LogP contribution >= 0.6 is 0 Å². The minimum atomic E-state index is -0.991. The first-order valence-electron chi connectivity index (χ1n) is 6.67. The normalized spacial score (nSPS) is 11.0. The van der Waals surface area contributed by atoms with Gasteiger partial charge in [-0.25, -0.2) is 14.8 Å². The number of nitrogens with one attached hydrogen (secondary N) is 1. The van der Waals surface area contributed by atoms with Gasteiger partial charge >= 0.3 is 5.97 Å². The SMILES string of the molecule is Cc1ccc(Cc2nc3ncc(C(=O)O)cc3[nH]2)cc1C. The summed E-state index contributed by atoms with van der Waals surface area (Å²) in [6.07, 6.45) is 1.99. The largest absolute Gasteiger partial charge is 0.478 e. The van der Waals surface area contributed by atoms with Crippen LogP contribution in [-0.2, 0) is 6.42 Å². The summed E-state index contributed by atoms with van der Waals surface area (Å²) in [4.78, 5) is 22.5. The predicted octanol–water partition coefficient (Wildman–Crippen LogP) is 2.86. The van der Waals surface area contributed by atoms with Crippen molar-refractivity contribution in [3.8, 4) is 0 Å². The van der Waals surface area contributed by atoms with Gasteiger partial charge in [0.1, 0.15) is 5.82 Å². The van der Waals surface area contributed by atoms with Gasteiger partial charge < -0.3 is 10.1 Å². The fourth-order valence-electron chi connectivity index (χ4n) is 2.26. The summed E-state index contributed by atoms with van der Waals surface area (Å²) in [7, 11) is 0. The fraction of sp³-hybridized carbons (Fsp3) is 0.188. The molecule has 0 fully saturated rings. The Balaban J connectivity index is 1.93. The van der Waals surface area contributed by atoms with Gasteiger partial charge in [-0.2, -0.15) is 0 Å². The Bertz CT molecular complexity index is 837. The number of aromatic carboxylic acids is 1. The summed E-state index contributed by atoms with van der Waals surface area (Å²) in [5.74, 6) is -0.210. The Labute approximate surface area is 121 Å². The van der Waals surface area contributed by atoms with Crippen molar-refractivity contribution in [2.24, 2.45) is 0 Å². The van der Waals surface area contributed by atoms with Crippen molar-refractivity contribution in [3.63, 3.8) is 0 Å². The van der Waals surface area contributed by atoms with Crippen molar-refractivity contribution in [1.82, 2.24) is 15.0 Å². The second kappa shape index (κ2) is 5.01. The second-order valence-corrected chi connectivity index (χ2v) is 5.18. The van der Waals surface area contributed by atoms with Gasteiger partial charge in [0.05, 0.1) is 11.1 Å². The van der Waals surface area contributed by atoms with E-state index < -0.39 is 5.97 Å². The fourth-order valence-corrected chi connectivity index (χ4v) is 2.26. The van der Waals surface area contributed by atoms with E-state index in [0.29, 0.717) is 17.6 Å². The van der Waals surface area contributed by atoms with E-state index in [1.165, 1.54) is 17.3 Å². The van der Waals surface area contributed by atoms with E-state index in [4.69, 9.17) is 5.11 Å². The van der Waals surface area contributed by atoms with Crippen molar-refractivity contribution in [2.45, 2.75) is 20.3 Å². The lowest BCUT2D eigenvalue weighted by molar-refractivity contribution is 0.0696. The molecule has 0 spiro atoms. The van der Waals surface area contributed by atoms with Crippen molar-refractivity contribution < 1.29 is 9.90 Å². The number of aromatic nitrogens is 3. The van der Waals surface area contributed by atoms with E-state index in [0.717, 1.165) is 11.4 Å². The van der Waals surface area contributed by atoms with Crippen LogP contribution in [0, 0.1) is 13.8 Å². The number of fused-ring (bicyclic) bond motifs is 1. The molecular weight excluding hydrogens is 266 g/mol. The van der Waals surface area contributed by atoms with Crippen LogP contribution in [0.15, 0.2) is 30.5 Å². The van der Waals surface area contributed by atoms with Gasteiger partial charge in [-0.15, -0.1) is 0 Å². The summed E-state index contributed by atoms with van der Waals surface area (Å²) >= 11 is 0. The molecule has 0 saturated carbocycles. The molecule has 5 heteroatoms. The highest BCUT2D eigenvalue weighted by molar-refractivity contribution is 5.90. The van der Waals surface area contributed by atoms with Gasteiger partial charge in [-0.05, 0) is 36.6 Å². The standard InChI is InChI=1S/C16H15N3O2/c1-9-3-4-11(5-10(9)2)6-14-18-13-7-12(16(20)21)8-17-15(13)19-14/h3-5,7-8H,6H2,1-2H3,(H,20,21)(H,17,18,19). The van der Waals surface area contributed by atoms with Gasteiger partial charge in [0.25, 0.3) is 0 Å². The molecule has 0 aliphatic heterocycles. The Morgan fingerprint density at radius 1 is 1.24 bits per heavy atom. The molecule has 3 aromatic rings. The maximum Gasteiger partial charge on any atom is 0.337 e. The third-order valence-corrected chi connectivity index (χ3v) is 3.58. The number of pyridine rings is 1. The molecule has 2 aromatic heterocycles. The van der Waals surface area contributed by atoms with Crippen LogP contribution in [0.1, 0.15) is 32.9 Å². The van der Waals surface area contributed by atoms with Gasteiger partial charge in [0.2, 0.25) is 0 Å². The van der Waals surface area contributed by atoms with E-state index in [-0.39, 0.29) is 5.56 Å². The van der Waals surface area contributed by atoms with Crippen molar-refractivity contribution >= 4 is 17.1 Å². The predicted molar refractivity (Wildman–Crippen MR) is 79.6 cm³/mol. The molecule has 0 atom stereocenters. The molecule has 21 heavy (non-hydrogen) atoms. The monoisotopic (exact) mass is 281 g/mol. The summed E-state index contributed by atoms with van der Waals surface area (Å²) < 4.78 is 0. The number of carboxylic acids is 1. The second-order valence-electron chi connectivity index (χ2n) is 5.18. The zero-order valence-corrected chi connectivity index (χ0v) is 11.8. The Hall–Kier alpha value is -2.69. The van der Waals surface area contributed by atoms with Crippen LogP contribution in [0.25, 0.3) is 11.2 Å². The molecule has 0 radical (unpaired) electrons. The van der Waals surface area contributed by atoms with E-state index in [1.54, 1.807) is 6.07 Å². The Morgan fingerprint density at radius 3 is 2.76 bits per heavy atom. The van der Waals surface area contributed by atoms with Crippen LogP contribution < -0.4 is 0 Å². The highest BCUT2D eigenvalue weighted by Gasteiger charge is 2.09. The van der Waals surface area contributed by atoms with Gasteiger partial charge in [-0.3, -0.25) is 0 Å². The molecule has 106 valence electrons. The molecule has 1 aromatic carbocycles. The molecule has 0 aliphatic carbocycles. The maximum absolute atomic E-state index is 10.9. The Morgan fingerprint density at radius 2 is 2.05 bits per heavy atom. The first-order chi connectivity index (χ1) is 10.0. The number of hydrogen-bond donors (Lipinski definition) is 2. The van der Waals surface area contributed by atoms with Crippen LogP contribution in [0.3, 0.4) is 0 Å². The number of aromatic amines is 1. The highest BCUT2D eigenvalue weighted by atomic mass is 16.4. The number of aryl methyl sites for hydroxylation is 2. The van der Waals surface area contributed by atoms with Crippen LogP contribution in [-0.4, -0.2) is 26.0 Å². The minimum Gasteiger partial charge on any atom is -0.478 e. The quantitative estimate of drug-likeness (QED) is 0.773. The average Bonchev–Trinajstić information content (AvgIpc) is 2.84. The number of nitrogens with zero attached hydrogens (tertiary/aromatic N) is 2. The number of benzene rings is 1. The van der Waals surface area contributed by atoms with Crippen LogP contribution in [0.2, 0.25) is 0 Å². The van der Waals surface area contributed by atoms with E-state index in [2.05, 4.69) is 47.0 Å². The van der Waals surface area contributed by atoms with Crippen molar-refractivity contribution in [3.05, 3.63) is 58.5 Å². The summed E-state index contributed by atoms with van der Waals surface area (Å²) in [6, 6.07) is 7.86. The smallest absolute Gasteiger partial charge is 0.337 e. The molecule has 0 amide bonds. The number of hydrogen-bond acceptors (Lipinski definition) is 3. The molecule has 0 saturated heterocycles. The first kappa shape index (κ1) is 13.3. The highest BCUT2D eigenvalue weighted by Crippen LogP contribution is 2.16. The van der Waals surface area contributed by atoms with E-state index in [9.17, 15) is 4.79 Å². The Kier molecular flexibility index (Phi) is 3.17. The van der Waals surface area contributed by atoms with Crippen molar-refractivity contribution in [1.29, 1.82) is 0 Å². The lowest BCUT2D eigenvalue weighted by Gasteiger charge is -2.03. The minimum absolute atomic E-state index is 0.156. The molecule has 0 unspecified atom stereocenters. The lowest BCUT2D eigenvalue weighted by Crippen LogP contribution is -1.96. The van der Waals surface area contributed by atoms with E-state index in [1.807, 2.05) is 0 Å². The van der Waals surface area contributed by atoms with Gasteiger partial charge in [0.15, 0.2) is 5.65 Å². The molecular formula is C16H15N3O2. The zero-order valence-electron chi connectivity index (χ0n) is 11.8. The summed E-state index contributed by atoms with van der Waals surface area (Å²) in [5, 5.41) is 8.97. The molecule has 2 N–H and O–H groups in total. The molecule has 3 rings (SSSR count). The average molecular weight is 281 g/mol. The number of imidazole rings is 1. The van der Waals surface area contributed by atoms with Gasteiger partial charge in [-0.1, -0.05) is 18.2 Å². The first-order valence-corrected chi connectivity index (χ1v) is 6.67. The van der Waals surface area contributed by atoms with Gasteiger partial charge in [0, 0.05) is 12.6 Å². The molecule has 0 bridgehead atoms. The zero-order chi connectivity index (χ0) is 15.0. The molecule has 5 nitrogen and oxygen atoms in total. The maximum atomic E-state index is 10.9. The van der Waals surface area contributed by atoms with E-state index >= 15 is 0 Å². The number of carboxylic acid groups (broad SMARTS) is 1. The van der Waals surface area contributed by atoms with Crippen LogP contribution in [0.5, 0.6) is 0 Å². The summed E-state index contributed by atoms with van der Waals surface area (Å²) in [6.45, 7) is 4.16. The molecule has 2 heterocycles. The van der Waals surface area contributed by atoms with Crippen LogP contribution in [0.4, 0.5) is 0 Å². The topological polar surface area (TPSA) is 78.9 Å². The number of rotatable bonds is 3.